The molecule has 3 aromatic rings. The van der Waals surface area contributed by atoms with Crippen LogP contribution in [0.4, 0.5) is 0 Å². The van der Waals surface area contributed by atoms with Crippen LogP contribution < -0.4 is 0 Å². The van der Waals surface area contributed by atoms with Crippen molar-refractivity contribution in [1.82, 2.24) is 0 Å². The van der Waals surface area contributed by atoms with E-state index < -0.39 is 23.6 Å². The monoisotopic (exact) mass is 514 g/mol. The molecule has 0 radical (unpaired) electrons. The number of carboxylic acids is 1. The summed E-state index contributed by atoms with van der Waals surface area (Å²) in [4.78, 5) is 26.0. The van der Waals surface area contributed by atoms with Crippen LogP contribution in [0.5, 0.6) is 0 Å². The third-order valence-electron chi connectivity index (χ3n) is 7.40. The van der Waals surface area contributed by atoms with Crippen molar-refractivity contribution in [2.45, 2.75) is 64.6 Å². The van der Waals surface area contributed by atoms with Crippen LogP contribution in [0.1, 0.15) is 73.9 Å². The van der Waals surface area contributed by atoms with Gasteiger partial charge in [-0.3, -0.25) is 4.79 Å². The van der Waals surface area contributed by atoms with Crippen molar-refractivity contribution >= 4 is 11.9 Å². The summed E-state index contributed by atoms with van der Waals surface area (Å²) in [5.41, 5.74) is 3.66. The average molecular weight is 515 g/mol. The topological polar surface area (TPSA) is 72.8 Å². The molecule has 0 saturated heterocycles. The molecule has 200 valence electrons. The fraction of sp³-hybridized carbons (Fsp3) is 0.394. The Morgan fingerprint density at radius 3 is 2.42 bits per heavy atom. The number of fused-ring (bicyclic) bond motifs is 1. The van der Waals surface area contributed by atoms with Gasteiger partial charge in [-0.25, -0.2) is 4.79 Å². The molecule has 3 aromatic carbocycles. The third kappa shape index (κ3) is 6.51. The number of carbonyl (C=O) groups excluding carboxylic acids is 1. The first kappa shape index (κ1) is 27.6. The molecule has 0 amide bonds. The van der Waals surface area contributed by atoms with Gasteiger partial charge >= 0.3 is 11.9 Å². The summed E-state index contributed by atoms with van der Waals surface area (Å²) in [7, 11) is 0. The summed E-state index contributed by atoms with van der Waals surface area (Å²) >= 11 is 0. The van der Waals surface area contributed by atoms with Gasteiger partial charge < -0.3 is 14.6 Å². The number of unbranched alkanes of at least 4 members (excludes halogenated alkanes) is 3. The van der Waals surface area contributed by atoms with Crippen molar-refractivity contribution < 1.29 is 24.2 Å². The Kier molecular flexibility index (Phi) is 9.35. The number of carbonyl (C=O) groups is 2. The number of carboxylic acid groups (broad SMARTS) is 1. The molecular formula is C33H38O5. The Labute approximate surface area is 225 Å². The van der Waals surface area contributed by atoms with E-state index in [1.54, 1.807) is 6.07 Å². The zero-order valence-corrected chi connectivity index (χ0v) is 22.4. The van der Waals surface area contributed by atoms with Gasteiger partial charge in [0.1, 0.15) is 0 Å². The number of hydrogen-bond acceptors (Lipinski definition) is 4. The van der Waals surface area contributed by atoms with E-state index in [4.69, 9.17) is 9.47 Å². The van der Waals surface area contributed by atoms with Gasteiger partial charge in [-0.05, 0) is 41.5 Å². The van der Waals surface area contributed by atoms with Crippen LogP contribution in [0.2, 0.25) is 0 Å². The minimum absolute atomic E-state index is 0.0706. The summed E-state index contributed by atoms with van der Waals surface area (Å²) in [5.74, 6) is -3.39. The van der Waals surface area contributed by atoms with Crippen LogP contribution in [0.25, 0.3) is 11.1 Å². The maximum absolute atomic E-state index is 13.8. The summed E-state index contributed by atoms with van der Waals surface area (Å²) < 4.78 is 12.8. The summed E-state index contributed by atoms with van der Waals surface area (Å²) in [5, 5.41) is 9.99. The molecule has 5 heteroatoms. The molecule has 38 heavy (non-hydrogen) atoms. The van der Waals surface area contributed by atoms with E-state index in [0.717, 1.165) is 35.1 Å². The van der Waals surface area contributed by atoms with Crippen molar-refractivity contribution in [3.8, 4) is 11.1 Å². The van der Waals surface area contributed by atoms with Crippen LogP contribution in [0.3, 0.4) is 0 Å². The number of hydrogen-bond donors (Lipinski definition) is 1. The molecule has 0 spiro atoms. The van der Waals surface area contributed by atoms with Gasteiger partial charge in [-0.2, -0.15) is 0 Å². The molecule has 1 N–H and O–H groups in total. The average Bonchev–Trinajstić information content (AvgIpc) is 2.94. The Balaban J connectivity index is 1.67. The Morgan fingerprint density at radius 1 is 0.947 bits per heavy atom. The molecule has 4 rings (SSSR count). The molecular weight excluding hydrogens is 476 g/mol. The summed E-state index contributed by atoms with van der Waals surface area (Å²) in [6.45, 7) is 4.70. The van der Waals surface area contributed by atoms with Crippen LogP contribution in [0.15, 0.2) is 78.9 Å². The molecule has 1 aliphatic rings. The van der Waals surface area contributed by atoms with E-state index in [1.807, 2.05) is 72.8 Å². The number of ether oxygens (including phenoxy) is 2. The Hall–Kier alpha value is -3.44. The summed E-state index contributed by atoms with van der Waals surface area (Å²) in [6.07, 6.45) is 6.14. The van der Waals surface area contributed by atoms with Crippen molar-refractivity contribution in [3.05, 3.63) is 95.6 Å². The van der Waals surface area contributed by atoms with Crippen LogP contribution in [0, 0.1) is 11.8 Å². The highest BCUT2D eigenvalue weighted by molar-refractivity contribution is 5.97. The lowest BCUT2D eigenvalue weighted by molar-refractivity contribution is -0.234. The molecule has 1 aliphatic carbocycles. The minimum atomic E-state index is -1.48. The van der Waals surface area contributed by atoms with Gasteiger partial charge in [0.15, 0.2) is 0 Å². The fourth-order valence-electron chi connectivity index (χ4n) is 5.29. The van der Waals surface area contributed by atoms with Crippen molar-refractivity contribution in [3.63, 3.8) is 0 Å². The molecule has 0 fully saturated rings. The third-order valence-corrected chi connectivity index (χ3v) is 7.40. The predicted molar refractivity (Wildman–Crippen MR) is 149 cm³/mol. The molecule has 5 nitrogen and oxygen atoms in total. The van der Waals surface area contributed by atoms with Crippen LogP contribution >= 0.6 is 0 Å². The highest BCUT2D eigenvalue weighted by atomic mass is 16.7. The first-order chi connectivity index (χ1) is 18.4. The van der Waals surface area contributed by atoms with E-state index in [-0.39, 0.29) is 12.3 Å². The van der Waals surface area contributed by atoms with Crippen LogP contribution in [-0.2, 0) is 26.5 Å². The van der Waals surface area contributed by atoms with Gasteiger partial charge in [0, 0.05) is 12.0 Å². The maximum atomic E-state index is 13.8. The van der Waals surface area contributed by atoms with E-state index >= 15 is 0 Å². The van der Waals surface area contributed by atoms with Crippen LogP contribution in [-0.4, -0.2) is 23.7 Å². The predicted octanol–water partition coefficient (Wildman–Crippen LogP) is 7.63. The van der Waals surface area contributed by atoms with E-state index in [9.17, 15) is 14.7 Å². The molecule has 3 atom stereocenters. The molecule has 0 saturated carbocycles. The first-order valence-electron chi connectivity index (χ1n) is 13.8. The van der Waals surface area contributed by atoms with Crippen molar-refractivity contribution in [2.75, 3.05) is 6.61 Å². The number of aliphatic carboxylic acids is 1. The van der Waals surface area contributed by atoms with E-state index in [1.165, 1.54) is 19.3 Å². The number of esters is 1. The molecule has 2 unspecified atom stereocenters. The second-order valence-corrected chi connectivity index (χ2v) is 10.4. The number of rotatable bonds is 12. The molecule has 0 aliphatic heterocycles. The van der Waals surface area contributed by atoms with Gasteiger partial charge in [0.05, 0.1) is 18.1 Å². The largest absolute Gasteiger partial charge is 0.481 e. The SMILES string of the molecule is CCCCCC[C@H](C)COC1(OC(=O)c2ccccc2-c2ccccc2)CC(C(=O)O)Cc2ccccc21. The second-order valence-electron chi connectivity index (χ2n) is 10.4. The van der Waals surface area contributed by atoms with E-state index in [0.29, 0.717) is 18.6 Å². The van der Waals surface area contributed by atoms with Crippen molar-refractivity contribution in [2.24, 2.45) is 11.8 Å². The quantitative estimate of drug-likeness (QED) is 0.153. The fourth-order valence-corrected chi connectivity index (χ4v) is 5.29. The minimum Gasteiger partial charge on any atom is -0.481 e. The van der Waals surface area contributed by atoms with Gasteiger partial charge in [-0.15, -0.1) is 0 Å². The standard InChI is InChI=1S/C33H38O5/c1-3-4-5-7-14-24(2)23-37-33(22-27(31(34)35)21-26-17-10-13-20-30(26)33)38-32(36)29-19-12-11-18-28(29)25-15-8-6-9-16-25/h6,8-13,15-20,24,27H,3-5,7,14,21-23H2,1-2H3,(H,34,35)/t24-,27?,33?/m0/s1. The lowest BCUT2D eigenvalue weighted by Crippen LogP contribution is -2.44. The lowest BCUT2D eigenvalue weighted by Gasteiger charge is -2.41. The molecule has 0 heterocycles. The normalized spacial score (nSPS) is 19.4. The lowest BCUT2D eigenvalue weighted by atomic mass is 9.79. The summed E-state index contributed by atoms with van der Waals surface area (Å²) in [6, 6.07) is 24.6. The maximum Gasteiger partial charge on any atom is 0.341 e. The zero-order valence-electron chi connectivity index (χ0n) is 22.4. The number of benzene rings is 3. The van der Waals surface area contributed by atoms with Gasteiger partial charge in [-0.1, -0.05) is 112 Å². The Morgan fingerprint density at radius 2 is 1.66 bits per heavy atom. The smallest absolute Gasteiger partial charge is 0.341 e. The Bertz CT molecular complexity index is 1220. The second kappa shape index (κ2) is 12.9. The van der Waals surface area contributed by atoms with Crippen molar-refractivity contribution in [1.29, 1.82) is 0 Å². The first-order valence-corrected chi connectivity index (χ1v) is 13.8. The van der Waals surface area contributed by atoms with Gasteiger partial charge in [0.2, 0.25) is 5.79 Å². The molecule has 0 aromatic heterocycles. The zero-order chi connectivity index (χ0) is 27.0. The highest BCUT2D eigenvalue weighted by Crippen LogP contribution is 2.43. The van der Waals surface area contributed by atoms with Gasteiger partial charge in [0.25, 0.3) is 0 Å². The van der Waals surface area contributed by atoms with E-state index in [2.05, 4.69) is 13.8 Å². The molecule has 0 bridgehead atoms. The highest BCUT2D eigenvalue weighted by Gasteiger charge is 2.47.